The molecule has 1 saturated heterocycles. The summed E-state index contributed by atoms with van der Waals surface area (Å²) in [4.78, 5) is 4.72. The summed E-state index contributed by atoms with van der Waals surface area (Å²) in [5, 5.41) is 11.2. The standard InChI is InChI=1S/C17H25N3O2S/c1-12-11-23-15(19-12)17(5-7-21-8-6-17)18-10-13-9-14(22-20-13)16(2,3)4/h9,11,18H,5-8,10H2,1-4H3. The lowest BCUT2D eigenvalue weighted by molar-refractivity contribution is 0.0354. The van der Waals surface area contributed by atoms with Crippen LogP contribution in [0.1, 0.15) is 55.8 Å². The number of nitrogens with one attached hydrogen (secondary N) is 1. The molecule has 126 valence electrons. The van der Waals surface area contributed by atoms with E-state index < -0.39 is 0 Å². The highest BCUT2D eigenvalue weighted by Gasteiger charge is 2.37. The van der Waals surface area contributed by atoms with Gasteiger partial charge in [-0.15, -0.1) is 11.3 Å². The van der Waals surface area contributed by atoms with E-state index in [0.717, 1.165) is 48.2 Å². The summed E-state index contributed by atoms with van der Waals surface area (Å²) in [5.74, 6) is 0.917. The van der Waals surface area contributed by atoms with Crippen LogP contribution in [0.25, 0.3) is 0 Å². The lowest BCUT2D eigenvalue weighted by Gasteiger charge is -2.36. The summed E-state index contributed by atoms with van der Waals surface area (Å²) >= 11 is 1.73. The molecular formula is C17H25N3O2S. The molecule has 1 aliphatic heterocycles. The number of hydrogen-bond acceptors (Lipinski definition) is 6. The van der Waals surface area contributed by atoms with E-state index >= 15 is 0 Å². The molecule has 0 aliphatic carbocycles. The van der Waals surface area contributed by atoms with Crippen LogP contribution in [-0.4, -0.2) is 23.4 Å². The van der Waals surface area contributed by atoms with E-state index in [2.05, 4.69) is 36.6 Å². The monoisotopic (exact) mass is 335 g/mol. The Bertz CT molecular complexity index is 651. The Morgan fingerprint density at radius 3 is 2.61 bits per heavy atom. The molecule has 0 aromatic carbocycles. The van der Waals surface area contributed by atoms with Gasteiger partial charge in [0.25, 0.3) is 0 Å². The van der Waals surface area contributed by atoms with Gasteiger partial charge >= 0.3 is 0 Å². The zero-order valence-electron chi connectivity index (χ0n) is 14.3. The van der Waals surface area contributed by atoms with E-state index in [9.17, 15) is 0 Å². The van der Waals surface area contributed by atoms with Crippen molar-refractivity contribution in [2.45, 2.75) is 58.0 Å². The second-order valence-electron chi connectivity index (χ2n) is 7.27. The third kappa shape index (κ3) is 3.65. The number of ether oxygens (including phenoxy) is 1. The molecule has 0 saturated carbocycles. The van der Waals surface area contributed by atoms with Crippen molar-refractivity contribution in [2.75, 3.05) is 13.2 Å². The van der Waals surface area contributed by atoms with Crippen LogP contribution in [0.5, 0.6) is 0 Å². The molecule has 1 fully saturated rings. The molecule has 5 nitrogen and oxygen atoms in total. The summed E-state index contributed by atoms with van der Waals surface area (Å²) in [5.41, 5.74) is 1.88. The van der Waals surface area contributed by atoms with Gasteiger partial charge in [-0.25, -0.2) is 4.98 Å². The molecule has 2 aromatic rings. The highest BCUT2D eigenvalue weighted by molar-refractivity contribution is 7.09. The first-order chi connectivity index (χ1) is 10.9. The molecule has 3 heterocycles. The maximum absolute atomic E-state index is 5.56. The second-order valence-corrected chi connectivity index (χ2v) is 8.13. The Labute approximate surface area is 141 Å². The van der Waals surface area contributed by atoms with Gasteiger partial charge in [0, 0.05) is 42.3 Å². The predicted octanol–water partition coefficient (Wildman–Crippen LogP) is 3.53. The Balaban J connectivity index is 1.76. The first-order valence-corrected chi connectivity index (χ1v) is 8.98. The highest BCUT2D eigenvalue weighted by atomic mass is 32.1. The van der Waals surface area contributed by atoms with Gasteiger partial charge in [0.1, 0.15) is 10.8 Å². The first kappa shape index (κ1) is 16.6. The minimum atomic E-state index is -0.113. The van der Waals surface area contributed by atoms with Gasteiger partial charge in [0.2, 0.25) is 0 Å². The molecule has 0 atom stereocenters. The summed E-state index contributed by atoms with van der Waals surface area (Å²) in [6, 6.07) is 2.05. The molecule has 0 radical (unpaired) electrons. The predicted molar refractivity (Wildman–Crippen MR) is 90.6 cm³/mol. The fourth-order valence-corrected chi connectivity index (χ4v) is 3.80. The van der Waals surface area contributed by atoms with Crippen molar-refractivity contribution in [1.82, 2.24) is 15.5 Å². The number of hydrogen-bond donors (Lipinski definition) is 1. The van der Waals surface area contributed by atoms with E-state index in [0.29, 0.717) is 6.54 Å². The average Bonchev–Trinajstić information content (AvgIpc) is 3.15. The van der Waals surface area contributed by atoms with Crippen LogP contribution in [0.4, 0.5) is 0 Å². The van der Waals surface area contributed by atoms with Crippen LogP contribution in [0.2, 0.25) is 0 Å². The van der Waals surface area contributed by atoms with Crippen LogP contribution in [0.15, 0.2) is 16.0 Å². The van der Waals surface area contributed by atoms with Gasteiger partial charge in [-0.05, 0) is 19.8 Å². The Morgan fingerprint density at radius 2 is 2.04 bits per heavy atom. The quantitative estimate of drug-likeness (QED) is 0.926. The minimum Gasteiger partial charge on any atom is -0.381 e. The molecule has 0 amide bonds. The molecule has 2 aromatic heterocycles. The number of thiazole rings is 1. The van der Waals surface area contributed by atoms with Gasteiger partial charge in [0.15, 0.2) is 0 Å². The average molecular weight is 335 g/mol. The van der Waals surface area contributed by atoms with Crippen LogP contribution in [0.3, 0.4) is 0 Å². The maximum Gasteiger partial charge on any atom is 0.142 e. The van der Waals surface area contributed by atoms with Gasteiger partial charge in [-0.2, -0.15) is 0 Å². The van der Waals surface area contributed by atoms with Gasteiger partial charge in [-0.1, -0.05) is 25.9 Å². The topological polar surface area (TPSA) is 60.2 Å². The third-order valence-electron chi connectivity index (χ3n) is 4.28. The van der Waals surface area contributed by atoms with E-state index in [1.165, 1.54) is 0 Å². The van der Waals surface area contributed by atoms with E-state index in [-0.39, 0.29) is 11.0 Å². The van der Waals surface area contributed by atoms with Crippen LogP contribution in [-0.2, 0) is 22.2 Å². The Hall–Kier alpha value is -1.24. The summed E-state index contributed by atoms with van der Waals surface area (Å²) < 4.78 is 11.0. The van der Waals surface area contributed by atoms with Gasteiger partial charge in [-0.3, -0.25) is 5.32 Å². The molecule has 1 N–H and O–H groups in total. The fraction of sp³-hybridized carbons (Fsp3) is 0.647. The zero-order chi connectivity index (χ0) is 16.5. The van der Waals surface area contributed by atoms with E-state index in [4.69, 9.17) is 14.2 Å². The summed E-state index contributed by atoms with van der Waals surface area (Å²) in [6.45, 7) is 10.6. The molecule has 0 bridgehead atoms. The Kier molecular flexibility index (Phi) is 4.58. The van der Waals surface area contributed by atoms with E-state index in [1.807, 2.05) is 13.0 Å². The molecule has 3 rings (SSSR count). The van der Waals surface area contributed by atoms with Crippen LogP contribution >= 0.6 is 11.3 Å². The van der Waals surface area contributed by atoms with Crippen LogP contribution < -0.4 is 5.32 Å². The number of nitrogens with zero attached hydrogens (tertiary/aromatic N) is 2. The van der Waals surface area contributed by atoms with Crippen molar-refractivity contribution >= 4 is 11.3 Å². The van der Waals surface area contributed by atoms with Crippen molar-refractivity contribution in [3.63, 3.8) is 0 Å². The van der Waals surface area contributed by atoms with Gasteiger partial charge < -0.3 is 9.26 Å². The van der Waals surface area contributed by atoms with Gasteiger partial charge in [0.05, 0.1) is 11.2 Å². The highest BCUT2D eigenvalue weighted by Crippen LogP contribution is 2.34. The smallest absolute Gasteiger partial charge is 0.142 e. The lowest BCUT2D eigenvalue weighted by atomic mass is 9.90. The molecular weight excluding hydrogens is 310 g/mol. The summed E-state index contributed by atoms with van der Waals surface area (Å²) in [6.07, 6.45) is 1.87. The van der Waals surface area contributed by atoms with E-state index in [1.54, 1.807) is 11.3 Å². The molecule has 0 spiro atoms. The third-order valence-corrected chi connectivity index (χ3v) is 5.45. The van der Waals surface area contributed by atoms with Crippen molar-refractivity contribution in [1.29, 1.82) is 0 Å². The van der Waals surface area contributed by atoms with Crippen molar-refractivity contribution in [3.8, 4) is 0 Å². The Morgan fingerprint density at radius 1 is 1.30 bits per heavy atom. The number of aromatic nitrogens is 2. The fourth-order valence-electron chi connectivity index (χ4n) is 2.77. The van der Waals surface area contributed by atoms with Crippen molar-refractivity contribution in [3.05, 3.63) is 33.6 Å². The number of aryl methyl sites for hydroxylation is 1. The maximum atomic E-state index is 5.56. The van der Waals surface area contributed by atoms with Crippen LogP contribution in [0, 0.1) is 6.92 Å². The SMILES string of the molecule is Cc1csc(C2(NCc3cc(C(C)(C)C)on3)CCOCC2)n1. The largest absolute Gasteiger partial charge is 0.381 e. The molecule has 23 heavy (non-hydrogen) atoms. The lowest BCUT2D eigenvalue weighted by Crippen LogP contribution is -2.46. The molecule has 0 unspecified atom stereocenters. The minimum absolute atomic E-state index is 0.0198. The molecule has 1 aliphatic rings. The number of rotatable bonds is 4. The summed E-state index contributed by atoms with van der Waals surface area (Å²) in [7, 11) is 0. The second kappa shape index (κ2) is 6.34. The molecule has 6 heteroatoms. The normalized spacial score (nSPS) is 18.3. The zero-order valence-corrected chi connectivity index (χ0v) is 15.1. The van der Waals surface area contributed by atoms with Crippen molar-refractivity contribution < 1.29 is 9.26 Å². The first-order valence-electron chi connectivity index (χ1n) is 8.10. The van der Waals surface area contributed by atoms with Crippen molar-refractivity contribution in [2.24, 2.45) is 0 Å².